The Balaban J connectivity index is 2.08. The first-order valence-electron chi connectivity index (χ1n) is 12.9. The summed E-state index contributed by atoms with van der Waals surface area (Å²) in [6.07, 6.45) is 4.39. The molecule has 1 aromatic carbocycles. The molecule has 1 aromatic heterocycles. The maximum absolute atomic E-state index is 13.2. The molecule has 0 aliphatic rings. The number of aliphatic carboxylic acids is 1. The summed E-state index contributed by atoms with van der Waals surface area (Å²) in [5.41, 5.74) is 12.9. The van der Waals surface area contributed by atoms with Gasteiger partial charge in [0.25, 0.3) is 0 Å². The number of carbonyl (C=O) groups is 4. The van der Waals surface area contributed by atoms with Crippen molar-refractivity contribution in [3.63, 3.8) is 0 Å². The van der Waals surface area contributed by atoms with E-state index < -0.39 is 47.9 Å². The van der Waals surface area contributed by atoms with Gasteiger partial charge in [-0.3, -0.25) is 14.4 Å². The predicted octanol–water partition coefficient (Wildman–Crippen LogP) is -0.448. The molecule has 0 fully saturated rings. The number of hydrogen-bond acceptors (Lipinski definition) is 8. The first-order chi connectivity index (χ1) is 18.5. The minimum atomic E-state index is -1.25. The molecule has 0 aliphatic heterocycles. The molecule has 0 radical (unpaired) electrons. The first-order valence-corrected chi connectivity index (χ1v) is 12.9. The molecule has 2 aromatic rings. The number of phenolic OH excluding ortho intramolecular Hbond substituents is 1. The van der Waals surface area contributed by atoms with Crippen molar-refractivity contribution in [2.75, 3.05) is 6.54 Å². The first kappa shape index (κ1) is 31.2. The fraction of sp³-hybridized carbons (Fsp3) is 0.500. The molecule has 39 heavy (non-hydrogen) atoms. The molecule has 10 N–H and O–H groups in total. The summed E-state index contributed by atoms with van der Waals surface area (Å²) in [4.78, 5) is 57.6. The second-order valence-corrected chi connectivity index (χ2v) is 9.73. The van der Waals surface area contributed by atoms with Gasteiger partial charge >= 0.3 is 5.97 Å². The summed E-state index contributed by atoms with van der Waals surface area (Å²) in [6, 6.07) is 2.04. The summed E-state index contributed by atoms with van der Waals surface area (Å²) >= 11 is 0. The van der Waals surface area contributed by atoms with Gasteiger partial charge in [0, 0.05) is 18.3 Å². The number of unbranched alkanes of at least 4 members (excludes halogenated alkanes) is 1. The number of H-pyrrole nitrogens is 1. The van der Waals surface area contributed by atoms with Crippen LogP contribution >= 0.6 is 0 Å². The number of carboxylic acid groups (broad SMARTS) is 1. The second-order valence-electron chi connectivity index (χ2n) is 9.73. The fourth-order valence-electron chi connectivity index (χ4n) is 3.89. The van der Waals surface area contributed by atoms with Crippen LogP contribution in [0.1, 0.15) is 44.4 Å². The number of phenols is 1. The molecule has 214 valence electrons. The Morgan fingerprint density at radius 2 is 1.62 bits per heavy atom. The molecule has 0 saturated carbocycles. The molecule has 4 unspecified atom stereocenters. The highest BCUT2D eigenvalue weighted by atomic mass is 16.4. The van der Waals surface area contributed by atoms with Crippen LogP contribution in [0.15, 0.2) is 36.8 Å². The number of imidazole rings is 1. The van der Waals surface area contributed by atoms with Crippen molar-refractivity contribution in [1.82, 2.24) is 25.9 Å². The van der Waals surface area contributed by atoms with E-state index in [-0.39, 0.29) is 30.9 Å². The largest absolute Gasteiger partial charge is 0.508 e. The van der Waals surface area contributed by atoms with Gasteiger partial charge in [-0.05, 0) is 55.8 Å². The zero-order chi connectivity index (χ0) is 28.9. The van der Waals surface area contributed by atoms with Gasteiger partial charge in [-0.25, -0.2) is 9.78 Å². The van der Waals surface area contributed by atoms with E-state index in [1.807, 2.05) is 0 Å². The normalized spacial score (nSPS) is 14.2. The fourth-order valence-corrected chi connectivity index (χ4v) is 3.89. The van der Waals surface area contributed by atoms with Crippen LogP contribution in [0.25, 0.3) is 0 Å². The van der Waals surface area contributed by atoms with Crippen LogP contribution in [-0.4, -0.2) is 74.6 Å². The number of carbonyl (C=O) groups excluding carboxylic acids is 3. The van der Waals surface area contributed by atoms with Crippen LogP contribution < -0.4 is 27.4 Å². The third kappa shape index (κ3) is 10.4. The lowest BCUT2D eigenvalue weighted by molar-refractivity contribution is -0.142. The predicted molar refractivity (Wildman–Crippen MR) is 143 cm³/mol. The Morgan fingerprint density at radius 3 is 2.18 bits per heavy atom. The second kappa shape index (κ2) is 15.4. The SMILES string of the molecule is CC(C)C(NC(=O)C(N)Cc1ccc(O)cc1)C(=O)NC(CCCCN)C(=O)NC(Cc1cnc[nH]1)C(=O)O. The van der Waals surface area contributed by atoms with Crippen LogP contribution in [0, 0.1) is 5.92 Å². The quantitative estimate of drug-likeness (QED) is 0.128. The number of aromatic hydroxyl groups is 1. The number of nitrogens with zero attached hydrogens (tertiary/aromatic N) is 1. The molecule has 13 heteroatoms. The molecule has 3 amide bonds. The third-order valence-electron chi connectivity index (χ3n) is 6.15. The summed E-state index contributed by atoms with van der Waals surface area (Å²) in [7, 11) is 0. The lowest BCUT2D eigenvalue weighted by Crippen LogP contribution is -2.58. The monoisotopic (exact) mass is 545 g/mol. The zero-order valence-corrected chi connectivity index (χ0v) is 22.2. The van der Waals surface area contributed by atoms with Gasteiger partial charge < -0.3 is 42.6 Å². The number of aromatic amines is 1. The number of benzene rings is 1. The van der Waals surface area contributed by atoms with Crippen LogP contribution in [0.3, 0.4) is 0 Å². The van der Waals surface area contributed by atoms with Crippen LogP contribution in [0.4, 0.5) is 0 Å². The van der Waals surface area contributed by atoms with Crippen molar-refractivity contribution in [1.29, 1.82) is 0 Å². The summed E-state index contributed by atoms with van der Waals surface area (Å²) in [6.45, 7) is 3.87. The lowest BCUT2D eigenvalue weighted by atomic mass is 10.00. The number of aromatic nitrogens is 2. The van der Waals surface area contributed by atoms with E-state index in [1.54, 1.807) is 26.0 Å². The molecular formula is C26H39N7O6. The van der Waals surface area contributed by atoms with E-state index in [1.165, 1.54) is 24.7 Å². The van der Waals surface area contributed by atoms with Gasteiger partial charge in [0.05, 0.1) is 12.4 Å². The average Bonchev–Trinajstić information content (AvgIpc) is 3.40. The van der Waals surface area contributed by atoms with Crippen molar-refractivity contribution in [3.8, 4) is 5.75 Å². The van der Waals surface area contributed by atoms with Gasteiger partial charge in [0.15, 0.2) is 0 Å². The topological polar surface area (TPSA) is 226 Å². The number of carboxylic acids is 1. The molecule has 0 spiro atoms. The third-order valence-corrected chi connectivity index (χ3v) is 6.15. The molecule has 2 rings (SSSR count). The van der Waals surface area contributed by atoms with Crippen LogP contribution in [0.5, 0.6) is 5.75 Å². The zero-order valence-electron chi connectivity index (χ0n) is 22.2. The lowest BCUT2D eigenvalue weighted by Gasteiger charge is -2.27. The van der Waals surface area contributed by atoms with E-state index in [0.29, 0.717) is 25.1 Å². The highest BCUT2D eigenvalue weighted by molar-refractivity contribution is 5.94. The highest BCUT2D eigenvalue weighted by Crippen LogP contribution is 2.12. The van der Waals surface area contributed by atoms with Gasteiger partial charge in [-0.2, -0.15) is 0 Å². The summed E-state index contributed by atoms with van der Waals surface area (Å²) in [5.74, 6) is -3.29. The maximum atomic E-state index is 13.2. The Morgan fingerprint density at radius 1 is 0.949 bits per heavy atom. The Kier molecular flexibility index (Phi) is 12.4. The summed E-state index contributed by atoms with van der Waals surface area (Å²) < 4.78 is 0. The number of nitrogens with one attached hydrogen (secondary N) is 4. The molecular weight excluding hydrogens is 506 g/mol. The minimum Gasteiger partial charge on any atom is -0.508 e. The summed E-state index contributed by atoms with van der Waals surface area (Å²) in [5, 5.41) is 26.9. The molecule has 1 heterocycles. The van der Waals surface area contributed by atoms with Gasteiger partial charge in [-0.15, -0.1) is 0 Å². The van der Waals surface area contributed by atoms with Crippen LogP contribution in [-0.2, 0) is 32.0 Å². The molecule has 4 atom stereocenters. The maximum Gasteiger partial charge on any atom is 0.326 e. The number of hydrogen-bond donors (Lipinski definition) is 8. The smallest absolute Gasteiger partial charge is 0.326 e. The standard InChI is InChI=1S/C26H39N7O6/c1-15(2)22(33-23(35)19(28)11-16-6-8-18(34)9-7-16)25(37)31-20(5-3-4-10-27)24(36)32-21(26(38)39)12-17-13-29-14-30-17/h6-9,13-15,19-22,34H,3-5,10-12,27-28H2,1-2H3,(H,29,30)(H,31,37)(H,32,36)(H,33,35)(H,38,39). The van der Waals surface area contributed by atoms with Crippen molar-refractivity contribution >= 4 is 23.7 Å². The van der Waals surface area contributed by atoms with E-state index in [4.69, 9.17) is 11.5 Å². The van der Waals surface area contributed by atoms with E-state index in [2.05, 4.69) is 25.9 Å². The molecule has 0 bridgehead atoms. The van der Waals surface area contributed by atoms with E-state index >= 15 is 0 Å². The van der Waals surface area contributed by atoms with E-state index in [0.717, 1.165) is 5.56 Å². The Labute approximate surface area is 227 Å². The van der Waals surface area contributed by atoms with Gasteiger partial charge in [-0.1, -0.05) is 26.0 Å². The highest BCUT2D eigenvalue weighted by Gasteiger charge is 2.31. The van der Waals surface area contributed by atoms with Crippen molar-refractivity contribution < 1.29 is 29.4 Å². The number of rotatable bonds is 16. The van der Waals surface area contributed by atoms with Crippen molar-refractivity contribution in [2.45, 2.75) is 70.1 Å². The molecule has 0 aliphatic carbocycles. The minimum absolute atomic E-state index is 0.0197. The van der Waals surface area contributed by atoms with E-state index in [9.17, 15) is 29.4 Å². The van der Waals surface area contributed by atoms with Crippen LogP contribution in [0.2, 0.25) is 0 Å². The Hall–Kier alpha value is -3.97. The van der Waals surface area contributed by atoms with Crippen molar-refractivity contribution in [2.24, 2.45) is 17.4 Å². The average molecular weight is 546 g/mol. The number of amides is 3. The molecule has 13 nitrogen and oxygen atoms in total. The van der Waals surface area contributed by atoms with Gasteiger partial charge in [0.1, 0.15) is 23.9 Å². The van der Waals surface area contributed by atoms with Crippen molar-refractivity contribution in [3.05, 3.63) is 48.0 Å². The Bertz CT molecular complexity index is 1070. The number of nitrogens with two attached hydrogens (primary N) is 2. The molecule has 0 saturated heterocycles. The van der Waals surface area contributed by atoms with Gasteiger partial charge in [0.2, 0.25) is 17.7 Å².